The van der Waals surface area contributed by atoms with Crippen molar-refractivity contribution >= 4 is 21.7 Å². The van der Waals surface area contributed by atoms with Gasteiger partial charge >= 0.3 is 5.97 Å². The SMILES string of the molecule is CCOC(=O)c1ccc(C)c(NS(=O)(=O)c2ccc(F)cc2C)c1. The van der Waals surface area contributed by atoms with Crippen molar-refractivity contribution in [1.29, 1.82) is 0 Å². The average Bonchev–Trinajstić information content (AvgIpc) is 2.49. The lowest BCUT2D eigenvalue weighted by molar-refractivity contribution is 0.0526. The van der Waals surface area contributed by atoms with Gasteiger partial charge in [0.1, 0.15) is 5.82 Å². The highest BCUT2D eigenvalue weighted by Gasteiger charge is 2.19. The third-order valence-corrected chi connectivity index (χ3v) is 4.95. The lowest BCUT2D eigenvalue weighted by Gasteiger charge is -2.13. The van der Waals surface area contributed by atoms with Crippen LogP contribution in [0.15, 0.2) is 41.3 Å². The summed E-state index contributed by atoms with van der Waals surface area (Å²) in [6.45, 7) is 5.14. The van der Waals surface area contributed by atoms with E-state index in [2.05, 4.69) is 4.72 Å². The first kappa shape index (κ1) is 17.9. The third-order valence-electron chi connectivity index (χ3n) is 3.42. The molecule has 0 aromatic heterocycles. The Labute approximate surface area is 140 Å². The molecule has 0 amide bonds. The summed E-state index contributed by atoms with van der Waals surface area (Å²) < 4.78 is 45.6. The van der Waals surface area contributed by atoms with Crippen LogP contribution in [-0.4, -0.2) is 21.0 Å². The van der Waals surface area contributed by atoms with Crippen LogP contribution in [0, 0.1) is 19.7 Å². The van der Waals surface area contributed by atoms with Gasteiger partial charge in [0.15, 0.2) is 0 Å². The summed E-state index contributed by atoms with van der Waals surface area (Å²) in [6.07, 6.45) is 0. The number of rotatable bonds is 5. The van der Waals surface area contributed by atoms with E-state index in [1.807, 2.05) is 0 Å². The number of carbonyl (C=O) groups is 1. The second-order valence-corrected chi connectivity index (χ2v) is 6.92. The fraction of sp³-hybridized carbons (Fsp3) is 0.235. The highest BCUT2D eigenvalue weighted by molar-refractivity contribution is 7.92. The van der Waals surface area contributed by atoms with Crippen LogP contribution in [0.5, 0.6) is 0 Å². The van der Waals surface area contributed by atoms with Gasteiger partial charge in [-0.15, -0.1) is 0 Å². The predicted octanol–water partition coefficient (Wildman–Crippen LogP) is 3.42. The van der Waals surface area contributed by atoms with Crippen molar-refractivity contribution < 1.29 is 22.3 Å². The molecule has 128 valence electrons. The number of carbonyl (C=O) groups excluding carboxylic acids is 1. The molecule has 0 spiro atoms. The maximum atomic E-state index is 13.2. The summed E-state index contributed by atoms with van der Waals surface area (Å²) in [6, 6.07) is 8.05. The summed E-state index contributed by atoms with van der Waals surface area (Å²) in [5.41, 5.74) is 1.45. The largest absolute Gasteiger partial charge is 0.462 e. The Morgan fingerprint density at radius 1 is 1.12 bits per heavy atom. The molecule has 2 aromatic rings. The molecule has 0 unspecified atom stereocenters. The van der Waals surface area contributed by atoms with Crippen LogP contribution in [0.4, 0.5) is 10.1 Å². The zero-order valence-electron chi connectivity index (χ0n) is 13.6. The van der Waals surface area contributed by atoms with Crippen LogP contribution in [0.3, 0.4) is 0 Å². The van der Waals surface area contributed by atoms with E-state index >= 15 is 0 Å². The summed E-state index contributed by atoms with van der Waals surface area (Å²) in [4.78, 5) is 11.8. The molecule has 0 fully saturated rings. The van der Waals surface area contributed by atoms with Gasteiger partial charge in [0.2, 0.25) is 0 Å². The van der Waals surface area contributed by atoms with Gasteiger partial charge < -0.3 is 4.74 Å². The molecule has 24 heavy (non-hydrogen) atoms. The van der Waals surface area contributed by atoms with Gasteiger partial charge in [-0.2, -0.15) is 0 Å². The maximum absolute atomic E-state index is 13.2. The van der Waals surface area contributed by atoms with Crippen molar-refractivity contribution in [2.24, 2.45) is 0 Å². The van der Waals surface area contributed by atoms with Crippen molar-refractivity contribution in [2.45, 2.75) is 25.7 Å². The van der Waals surface area contributed by atoms with Crippen molar-refractivity contribution in [3.63, 3.8) is 0 Å². The van der Waals surface area contributed by atoms with Crippen LogP contribution < -0.4 is 4.72 Å². The number of hydrogen-bond acceptors (Lipinski definition) is 4. The number of sulfonamides is 1. The molecular formula is C17H18FNO4S. The van der Waals surface area contributed by atoms with Gasteiger partial charge in [-0.25, -0.2) is 17.6 Å². The fourth-order valence-electron chi connectivity index (χ4n) is 2.19. The minimum atomic E-state index is -3.91. The molecule has 0 saturated heterocycles. The van der Waals surface area contributed by atoms with E-state index in [-0.39, 0.29) is 22.8 Å². The number of ether oxygens (including phenoxy) is 1. The normalized spacial score (nSPS) is 11.2. The Hall–Kier alpha value is -2.41. The highest BCUT2D eigenvalue weighted by Crippen LogP contribution is 2.23. The Bertz CT molecular complexity index is 878. The molecule has 0 radical (unpaired) electrons. The molecule has 0 atom stereocenters. The molecule has 2 rings (SSSR count). The highest BCUT2D eigenvalue weighted by atomic mass is 32.2. The van der Waals surface area contributed by atoms with E-state index in [4.69, 9.17) is 4.74 Å². The number of nitrogens with one attached hydrogen (secondary N) is 1. The third kappa shape index (κ3) is 3.91. The van der Waals surface area contributed by atoms with E-state index in [0.29, 0.717) is 11.1 Å². The van der Waals surface area contributed by atoms with Gasteiger partial charge in [-0.05, 0) is 62.2 Å². The zero-order valence-corrected chi connectivity index (χ0v) is 14.4. The van der Waals surface area contributed by atoms with Crippen molar-refractivity contribution in [3.05, 3.63) is 58.9 Å². The molecule has 1 N–H and O–H groups in total. The number of hydrogen-bond donors (Lipinski definition) is 1. The van der Waals surface area contributed by atoms with E-state index in [1.54, 1.807) is 26.0 Å². The second kappa shape index (κ2) is 7.00. The minimum Gasteiger partial charge on any atom is -0.462 e. The molecule has 0 heterocycles. The summed E-state index contributed by atoms with van der Waals surface area (Å²) in [5.74, 6) is -1.04. The van der Waals surface area contributed by atoms with Crippen LogP contribution in [0.2, 0.25) is 0 Å². The first-order valence-electron chi connectivity index (χ1n) is 7.31. The molecule has 0 aliphatic rings. The first-order valence-corrected chi connectivity index (χ1v) is 8.79. The molecule has 0 bridgehead atoms. The van der Waals surface area contributed by atoms with Gasteiger partial charge in [0.25, 0.3) is 10.0 Å². The van der Waals surface area contributed by atoms with E-state index in [1.165, 1.54) is 19.1 Å². The zero-order chi connectivity index (χ0) is 17.9. The quantitative estimate of drug-likeness (QED) is 0.838. The fourth-order valence-corrected chi connectivity index (χ4v) is 3.54. The molecule has 0 aliphatic carbocycles. The van der Waals surface area contributed by atoms with E-state index < -0.39 is 21.8 Å². The molecule has 0 aliphatic heterocycles. The molecule has 7 heteroatoms. The Kier molecular flexibility index (Phi) is 5.23. The second-order valence-electron chi connectivity index (χ2n) is 5.27. The molecule has 5 nitrogen and oxygen atoms in total. The van der Waals surface area contributed by atoms with Crippen molar-refractivity contribution in [3.8, 4) is 0 Å². The van der Waals surface area contributed by atoms with Gasteiger partial charge in [-0.1, -0.05) is 6.07 Å². The summed E-state index contributed by atoms with van der Waals surface area (Å²) in [5, 5.41) is 0. The maximum Gasteiger partial charge on any atom is 0.338 e. The predicted molar refractivity (Wildman–Crippen MR) is 89.1 cm³/mol. The van der Waals surface area contributed by atoms with Gasteiger partial charge in [0.05, 0.1) is 22.8 Å². The molecule has 0 saturated carbocycles. The number of anilines is 1. The van der Waals surface area contributed by atoms with Crippen LogP contribution in [-0.2, 0) is 14.8 Å². The first-order chi connectivity index (χ1) is 11.2. The van der Waals surface area contributed by atoms with Gasteiger partial charge in [0, 0.05) is 0 Å². The number of esters is 1. The van der Waals surface area contributed by atoms with E-state index in [9.17, 15) is 17.6 Å². The lowest BCUT2D eigenvalue weighted by atomic mass is 10.1. The topological polar surface area (TPSA) is 72.5 Å². The van der Waals surface area contributed by atoms with Crippen LogP contribution in [0.25, 0.3) is 0 Å². The standard InChI is InChI=1S/C17H18FNO4S/c1-4-23-17(20)13-6-5-11(2)15(10-13)19-24(21,22)16-8-7-14(18)9-12(16)3/h5-10,19H,4H2,1-3H3. The minimum absolute atomic E-state index is 0.0233. The summed E-state index contributed by atoms with van der Waals surface area (Å²) >= 11 is 0. The van der Waals surface area contributed by atoms with Crippen LogP contribution >= 0.6 is 0 Å². The number of aryl methyl sites for hydroxylation is 2. The van der Waals surface area contributed by atoms with Crippen molar-refractivity contribution in [1.82, 2.24) is 0 Å². The van der Waals surface area contributed by atoms with Gasteiger partial charge in [-0.3, -0.25) is 4.72 Å². The lowest BCUT2D eigenvalue weighted by Crippen LogP contribution is -2.16. The Morgan fingerprint density at radius 3 is 2.46 bits per heavy atom. The average molecular weight is 351 g/mol. The summed E-state index contributed by atoms with van der Waals surface area (Å²) in [7, 11) is -3.91. The number of benzene rings is 2. The monoisotopic (exact) mass is 351 g/mol. The molecule has 2 aromatic carbocycles. The Morgan fingerprint density at radius 2 is 1.83 bits per heavy atom. The molecular weight excluding hydrogens is 333 g/mol. The Balaban J connectivity index is 2.39. The smallest absolute Gasteiger partial charge is 0.338 e. The number of halogens is 1. The van der Waals surface area contributed by atoms with Crippen LogP contribution in [0.1, 0.15) is 28.4 Å². The van der Waals surface area contributed by atoms with Crippen molar-refractivity contribution in [2.75, 3.05) is 11.3 Å². The van der Waals surface area contributed by atoms with E-state index in [0.717, 1.165) is 12.1 Å².